The van der Waals surface area contributed by atoms with E-state index >= 15 is 0 Å². The van der Waals surface area contributed by atoms with E-state index in [1.165, 1.54) is 0 Å². The first kappa shape index (κ1) is 32.6. The summed E-state index contributed by atoms with van der Waals surface area (Å²) in [5.41, 5.74) is 8.87. The molecule has 0 radical (unpaired) electrons. The molecule has 0 saturated carbocycles. The molecular formula is C39H33BrN6O4. The summed E-state index contributed by atoms with van der Waals surface area (Å²) in [4.78, 5) is 5.14. The van der Waals surface area contributed by atoms with Crippen molar-refractivity contribution in [2.45, 2.75) is 6.92 Å². The number of pyridine rings is 1. The third kappa shape index (κ3) is 6.19. The van der Waals surface area contributed by atoms with Crippen LogP contribution in [0.25, 0.3) is 56.4 Å². The molecule has 0 N–H and O–H groups in total. The lowest BCUT2D eigenvalue weighted by molar-refractivity contribution is 0.355. The van der Waals surface area contributed by atoms with E-state index < -0.39 is 0 Å². The average Bonchev–Trinajstić information content (AvgIpc) is 3.78. The molecule has 0 aliphatic heterocycles. The van der Waals surface area contributed by atoms with E-state index in [0.29, 0.717) is 34.4 Å². The molecule has 250 valence electrons. The van der Waals surface area contributed by atoms with Crippen molar-refractivity contribution >= 4 is 15.9 Å². The van der Waals surface area contributed by atoms with Gasteiger partial charge in [-0.25, -0.2) is 14.3 Å². The molecule has 4 aromatic carbocycles. The van der Waals surface area contributed by atoms with Crippen LogP contribution in [-0.2, 0) is 0 Å². The van der Waals surface area contributed by atoms with Crippen LogP contribution in [0.5, 0.6) is 23.0 Å². The molecule has 0 saturated heterocycles. The van der Waals surface area contributed by atoms with Gasteiger partial charge in [0, 0.05) is 27.4 Å². The second-order valence-corrected chi connectivity index (χ2v) is 12.3. The monoisotopic (exact) mass is 728 g/mol. The quantitative estimate of drug-likeness (QED) is 0.138. The lowest BCUT2D eigenvalue weighted by Gasteiger charge is -2.14. The Morgan fingerprint density at radius 1 is 0.580 bits per heavy atom. The molecule has 0 amide bonds. The number of benzene rings is 4. The fraction of sp³-hybridized carbons (Fsp3) is 0.128. The van der Waals surface area contributed by atoms with Crippen LogP contribution in [0.4, 0.5) is 0 Å². The second kappa shape index (κ2) is 13.9. The summed E-state index contributed by atoms with van der Waals surface area (Å²) >= 11 is 3.52. The lowest BCUT2D eigenvalue weighted by Crippen LogP contribution is -1.99. The van der Waals surface area contributed by atoms with Crippen LogP contribution in [0.15, 0.2) is 114 Å². The van der Waals surface area contributed by atoms with E-state index in [9.17, 15) is 0 Å². The number of aromatic nitrogens is 6. The van der Waals surface area contributed by atoms with E-state index in [2.05, 4.69) is 38.4 Å². The van der Waals surface area contributed by atoms with E-state index in [-0.39, 0.29) is 0 Å². The summed E-state index contributed by atoms with van der Waals surface area (Å²) in [6, 6.07) is 33.6. The van der Waals surface area contributed by atoms with Gasteiger partial charge in [-0.05, 0) is 97.4 Å². The van der Waals surface area contributed by atoms with Gasteiger partial charge in [0.05, 0.1) is 56.9 Å². The zero-order valence-corrected chi connectivity index (χ0v) is 29.7. The predicted molar refractivity (Wildman–Crippen MR) is 197 cm³/mol. The third-order valence-corrected chi connectivity index (χ3v) is 8.95. The molecule has 0 unspecified atom stereocenters. The number of para-hydroxylation sites is 1. The van der Waals surface area contributed by atoms with Crippen molar-refractivity contribution in [1.82, 2.24) is 29.8 Å². The van der Waals surface area contributed by atoms with Crippen molar-refractivity contribution in [3.63, 3.8) is 0 Å². The number of rotatable bonds is 10. The molecule has 3 heterocycles. The summed E-state index contributed by atoms with van der Waals surface area (Å²) in [7, 11) is 6.47. The van der Waals surface area contributed by atoms with E-state index in [4.69, 9.17) is 29.0 Å². The Bertz CT molecular complexity index is 2230. The Hall–Kier alpha value is -5.94. The zero-order chi connectivity index (χ0) is 34.8. The van der Waals surface area contributed by atoms with Gasteiger partial charge < -0.3 is 18.9 Å². The highest BCUT2D eigenvalue weighted by molar-refractivity contribution is 9.10. The third-order valence-electron chi connectivity index (χ3n) is 8.42. The normalized spacial score (nSPS) is 11.0. The first-order valence-electron chi connectivity index (χ1n) is 15.7. The maximum atomic E-state index is 5.66. The minimum absolute atomic E-state index is 0.600. The topological polar surface area (TPSA) is 98.3 Å². The fourth-order valence-corrected chi connectivity index (χ4v) is 6.09. The van der Waals surface area contributed by atoms with E-state index in [1.54, 1.807) is 28.4 Å². The number of ether oxygens (including phenoxy) is 4. The molecule has 0 aliphatic rings. The first-order chi connectivity index (χ1) is 24.4. The molecule has 7 aromatic rings. The molecule has 0 atom stereocenters. The molecule has 0 fully saturated rings. The number of hydrogen-bond acceptors (Lipinski definition) is 8. The van der Waals surface area contributed by atoms with Crippen LogP contribution in [-0.4, -0.2) is 58.2 Å². The van der Waals surface area contributed by atoms with Gasteiger partial charge >= 0.3 is 0 Å². The minimum atomic E-state index is 0.600. The number of halogens is 1. The summed E-state index contributed by atoms with van der Waals surface area (Å²) in [5.74, 6) is 2.46. The summed E-state index contributed by atoms with van der Waals surface area (Å²) < 4.78 is 27.0. The predicted octanol–water partition coefficient (Wildman–Crippen LogP) is 8.62. The molecule has 50 heavy (non-hydrogen) atoms. The van der Waals surface area contributed by atoms with Crippen LogP contribution in [0.1, 0.15) is 5.69 Å². The molecule has 7 rings (SSSR count). The Kier molecular flexibility index (Phi) is 9.05. The van der Waals surface area contributed by atoms with Crippen molar-refractivity contribution in [3.05, 3.63) is 119 Å². The number of nitrogens with zero attached hydrogens (tertiary/aromatic N) is 6. The van der Waals surface area contributed by atoms with E-state index in [0.717, 1.165) is 55.2 Å². The first-order valence-corrected chi connectivity index (χ1v) is 16.5. The largest absolute Gasteiger partial charge is 0.493 e. The molecule has 0 aliphatic carbocycles. The van der Waals surface area contributed by atoms with Crippen molar-refractivity contribution in [2.24, 2.45) is 0 Å². The van der Waals surface area contributed by atoms with Crippen molar-refractivity contribution in [1.29, 1.82) is 0 Å². The highest BCUT2D eigenvalue weighted by atomic mass is 79.9. The van der Waals surface area contributed by atoms with Gasteiger partial charge in [0.15, 0.2) is 23.0 Å². The molecule has 3 aromatic heterocycles. The Morgan fingerprint density at radius 3 is 1.72 bits per heavy atom. The summed E-state index contributed by atoms with van der Waals surface area (Å²) in [6.07, 6.45) is 2.02. The average molecular weight is 730 g/mol. The molecule has 0 spiro atoms. The molecule has 0 bridgehead atoms. The summed E-state index contributed by atoms with van der Waals surface area (Å²) in [5, 5.41) is 14.3. The van der Waals surface area contributed by atoms with Crippen molar-refractivity contribution in [2.75, 3.05) is 28.4 Å². The van der Waals surface area contributed by atoms with Crippen molar-refractivity contribution < 1.29 is 18.9 Å². The second-order valence-electron chi connectivity index (χ2n) is 11.3. The van der Waals surface area contributed by atoms with Crippen molar-refractivity contribution in [3.8, 4) is 79.4 Å². The summed E-state index contributed by atoms with van der Waals surface area (Å²) in [6.45, 7) is 2.00. The highest BCUT2D eigenvalue weighted by Crippen LogP contribution is 2.40. The van der Waals surface area contributed by atoms with Gasteiger partial charge in [0.1, 0.15) is 11.4 Å². The minimum Gasteiger partial charge on any atom is -0.493 e. The van der Waals surface area contributed by atoms with Crippen LogP contribution in [0, 0.1) is 6.92 Å². The zero-order valence-electron chi connectivity index (χ0n) is 28.1. The maximum absolute atomic E-state index is 5.66. The highest BCUT2D eigenvalue weighted by Gasteiger charge is 2.23. The Morgan fingerprint density at radius 2 is 1.16 bits per heavy atom. The van der Waals surface area contributed by atoms with Crippen LogP contribution in [0.3, 0.4) is 0 Å². The molecule has 10 nitrogen and oxygen atoms in total. The maximum Gasteiger partial charge on any atom is 0.161 e. The lowest BCUT2D eigenvalue weighted by atomic mass is 9.98. The standard InChI is InChI=1S/C39H33BrN6O4/c1-24-38(42-44-46(24)30-15-13-28(40)14-16-30)39-31(23-45(43-39)29-9-7-6-8-10-29)27-19-32(25-11-17-34(47-2)36(21-25)49-4)41-33(20-27)26-12-18-35(48-3)37(22-26)50-5/h6-23H,1-5H3. The van der Waals surface area contributed by atoms with Gasteiger partial charge in [0.2, 0.25) is 0 Å². The fourth-order valence-electron chi connectivity index (χ4n) is 5.82. The molecule has 11 heteroatoms. The van der Waals surface area contributed by atoms with Crippen LogP contribution < -0.4 is 18.9 Å². The van der Waals surface area contributed by atoms with Crippen LogP contribution >= 0.6 is 15.9 Å². The number of hydrogen-bond donors (Lipinski definition) is 0. The number of methoxy groups -OCH3 is 4. The van der Waals surface area contributed by atoms with Gasteiger partial charge in [-0.1, -0.05) is 39.3 Å². The van der Waals surface area contributed by atoms with Gasteiger partial charge in [-0.3, -0.25) is 0 Å². The van der Waals surface area contributed by atoms with Gasteiger partial charge in [-0.2, -0.15) is 5.10 Å². The SMILES string of the molecule is COc1ccc(-c2cc(-c3cn(-c4ccccc4)nc3-c3nnn(-c4ccc(Br)cc4)c3C)cc(-c3ccc(OC)c(OC)c3)n2)cc1OC. The molecular weight excluding hydrogens is 696 g/mol. The van der Waals surface area contributed by atoms with Gasteiger partial charge in [-0.15, -0.1) is 5.10 Å². The van der Waals surface area contributed by atoms with Gasteiger partial charge in [0.25, 0.3) is 0 Å². The van der Waals surface area contributed by atoms with E-state index in [1.807, 2.05) is 113 Å². The smallest absolute Gasteiger partial charge is 0.161 e. The Balaban J connectivity index is 1.46. The Labute approximate surface area is 298 Å². The van der Waals surface area contributed by atoms with Crippen LogP contribution in [0.2, 0.25) is 0 Å².